The minimum absolute atomic E-state index is 0.182. The molecule has 0 aromatic rings. The molecular formula is C7H12N2O4. The number of carbonyl (C=O) groups is 2. The van der Waals surface area contributed by atoms with Crippen molar-refractivity contribution in [3.63, 3.8) is 0 Å². The average Bonchev–Trinajstić information content (AvgIpc) is 2.13. The van der Waals surface area contributed by atoms with Gasteiger partial charge >= 0.3 is 5.97 Å². The Bertz CT molecular complexity index is 215. The zero-order chi connectivity index (χ0) is 10.3. The molecule has 0 aliphatic rings. The summed E-state index contributed by atoms with van der Waals surface area (Å²) in [5.74, 6) is -1.20. The van der Waals surface area contributed by atoms with E-state index in [0.29, 0.717) is 0 Å². The lowest BCUT2D eigenvalue weighted by atomic mass is 10.2. The molecule has 0 fully saturated rings. The number of rotatable bonds is 5. The van der Waals surface area contributed by atoms with Gasteiger partial charge < -0.3 is 9.47 Å². The van der Waals surface area contributed by atoms with Crippen LogP contribution in [0.4, 0.5) is 0 Å². The van der Waals surface area contributed by atoms with Crippen LogP contribution in [0.1, 0.15) is 0 Å². The quantitative estimate of drug-likeness (QED) is 0.341. The third kappa shape index (κ3) is 3.75. The third-order valence-electron chi connectivity index (χ3n) is 1.25. The zero-order valence-corrected chi connectivity index (χ0v) is 7.81. The van der Waals surface area contributed by atoms with Crippen LogP contribution in [0.5, 0.6) is 0 Å². The summed E-state index contributed by atoms with van der Waals surface area (Å²) in [5, 5.41) is 6.79. The second-order valence-electron chi connectivity index (χ2n) is 2.14. The molecule has 0 aromatic heterocycles. The Labute approximate surface area is 75.9 Å². The van der Waals surface area contributed by atoms with Crippen LogP contribution in [0.3, 0.4) is 0 Å². The summed E-state index contributed by atoms with van der Waals surface area (Å²) in [5.41, 5.74) is 0. The number of ether oxygens (including phenoxy) is 2. The Hall–Kier alpha value is -1.30. The summed E-state index contributed by atoms with van der Waals surface area (Å²) < 4.78 is 8.93. The van der Waals surface area contributed by atoms with E-state index in [1.54, 1.807) is 0 Å². The number of azo groups is 1. The molecule has 0 aliphatic heterocycles. The van der Waals surface area contributed by atoms with Crippen molar-refractivity contribution in [3.05, 3.63) is 0 Å². The number of carbonyl (C=O) groups excluding carboxylic acids is 2. The molecule has 0 amide bonds. The van der Waals surface area contributed by atoms with Crippen molar-refractivity contribution in [2.24, 2.45) is 10.2 Å². The lowest BCUT2D eigenvalue weighted by Gasteiger charge is -2.06. The van der Waals surface area contributed by atoms with E-state index < -0.39 is 17.8 Å². The Morgan fingerprint density at radius 3 is 2.38 bits per heavy atom. The van der Waals surface area contributed by atoms with E-state index in [1.807, 2.05) is 0 Å². The summed E-state index contributed by atoms with van der Waals surface area (Å²) in [6, 6.07) is -1.20. The van der Waals surface area contributed by atoms with Crippen molar-refractivity contribution in [1.82, 2.24) is 0 Å². The highest BCUT2D eigenvalue weighted by atomic mass is 16.5. The molecule has 1 atom stereocenters. The first kappa shape index (κ1) is 11.7. The molecule has 0 heterocycles. The first-order valence-corrected chi connectivity index (χ1v) is 3.55. The van der Waals surface area contributed by atoms with E-state index in [1.165, 1.54) is 21.3 Å². The van der Waals surface area contributed by atoms with Crippen molar-refractivity contribution in [1.29, 1.82) is 0 Å². The number of hydrogen-bond donors (Lipinski definition) is 0. The van der Waals surface area contributed by atoms with E-state index in [0.717, 1.165) is 0 Å². The average molecular weight is 188 g/mol. The van der Waals surface area contributed by atoms with Crippen LogP contribution in [0, 0.1) is 0 Å². The lowest BCUT2D eigenvalue weighted by molar-refractivity contribution is -0.146. The number of ketones is 1. The molecule has 0 saturated heterocycles. The fourth-order valence-electron chi connectivity index (χ4n) is 0.691. The summed E-state index contributed by atoms with van der Waals surface area (Å²) in [7, 11) is 3.91. The van der Waals surface area contributed by atoms with Gasteiger partial charge in [-0.1, -0.05) is 0 Å². The maximum atomic E-state index is 11.2. The minimum atomic E-state index is -1.20. The minimum Gasteiger partial charge on any atom is -0.467 e. The van der Waals surface area contributed by atoms with Gasteiger partial charge in [0.25, 0.3) is 0 Å². The van der Waals surface area contributed by atoms with Crippen LogP contribution in [-0.2, 0) is 19.1 Å². The van der Waals surface area contributed by atoms with Gasteiger partial charge in [0.15, 0.2) is 5.78 Å². The predicted molar refractivity (Wildman–Crippen MR) is 43.5 cm³/mol. The summed E-state index contributed by atoms with van der Waals surface area (Å²) in [6.45, 7) is -0.182. The van der Waals surface area contributed by atoms with Gasteiger partial charge in [0.2, 0.25) is 6.04 Å². The van der Waals surface area contributed by atoms with E-state index in [-0.39, 0.29) is 6.61 Å². The maximum absolute atomic E-state index is 11.2. The second kappa shape index (κ2) is 6.24. The highest BCUT2D eigenvalue weighted by Crippen LogP contribution is 1.97. The predicted octanol–water partition coefficient (Wildman–Crippen LogP) is -0.175. The van der Waals surface area contributed by atoms with Crippen molar-refractivity contribution < 1.29 is 19.1 Å². The van der Waals surface area contributed by atoms with E-state index in [4.69, 9.17) is 0 Å². The van der Waals surface area contributed by atoms with Crippen LogP contribution in [0.15, 0.2) is 10.2 Å². The molecule has 0 saturated carbocycles. The van der Waals surface area contributed by atoms with Gasteiger partial charge in [-0.3, -0.25) is 4.79 Å². The molecule has 1 unspecified atom stereocenters. The van der Waals surface area contributed by atoms with Crippen LogP contribution >= 0.6 is 0 Å². The number of methoxy groups -OCH3 is 2. The van der Waals surface area contributed by atoms with Crippen molar-refractivity contribution >= 4 is 11.8 Å². The molecule has 74 valence electrons. The van der Waals surface area contributed by atoms with Crippen LogP contribution < -0.4 is 0 Å². The zero-order valence-electron chi connectivity index (χ0n) is 7.81. The molecule has 0 rings (SSSR count). The Balaban J connectivity index is 4.41. The van der Waals surface area contributed by atoms with Gasteiger partial charge in [0, 0.05) is 14.2 Å². The lowest BCUT2D eigenvalue weighted by Crippen LogP contribution is -2.31. The maximum Gasteiger partial charge on any atom is 0.340 e. The van der Waals surface area contributed by atoms with Gasteiger partial charge in [0.05, 0.1) is 7.11 Å². The summed E-state index contributed by atoms with van der Waals surface area (Å²) >= 11 is 0. The second-order valence-corrected chi connectivity index (χ2v) is 2.14. The molecule has 0 aliphatic carbocycles. The van der Waals surface area contributed by atoms with Gasteiger partial charge in [0.1, 0.15) is 6.61 Å². The molecule has 0 spiro atoms. The van der Waals surface area contributed by atoms with Gasteiger partial charge in [-0.2, -0.15) is 10.2 Å². The Kier molecular flexibility index (Phi) is 5.62. The number of hydrogen-bond acceptors (Lipinski definition) is 6. The first-order chi connectivity index (χ1) is 6.17. The normalized spacial score (nSPS) is 12.8. The van der Waals surface area contributed by atoms with Gasteiger partial charge in [-0.05, 0) is 0 Å². The molecule has 0 aromatic carbocycles. The number of esters is 1. The van der Waals surface area contributed by atoms with Crippen molar-refractivity contribution in [3.8, 4) is 0 Å². The fourth-order valence-corrected chi connectivity index (χ4v) is 0.691. The molecule has 6 nitrogen and oxygen atoms in total. The van der Waals surface area contributed by atoms with Crippen LogP contribution in [-0.4, -0.2) is 45.7 Å². The van der Waals surface area contributed by atoms with Crippen molar-refractivity contribution in [2.75, 3.05) is 27.9 Å². The van der Waals surface area contributed by atoms with Gasteiger partial charge in [-0.25, -0.2) is 4.79 Å². The standard InChI is InChI=1S/C7H12N2O4/c1-8-9-6(7(11)13-3)5(10)4-12-2/h6H,4H2,1-3H3. The van der Waals surface area contributed by atoms with Crippen LogP contribution in [0.25, 0.3) is 0 Å². The molecule has 0 radical (unpaired) electrons. The summed E-state index contributed by atoms with van der Waals surface area (Å²) in [4.78, 5) is 22.1. The topological polar surface area (TPSA) is 77.3 Å². The molecule has 13 heavy (non-hydrogen) atoms. The van der Waals surface area contributed by atoms with E-state index in [9.17, 15) is 9.59 Å². The molecular weight excluding hydrogens is 176 g/mol. The van der Waals surface area contributed by atoms with Gasteiger partial charge in [-0.15, -0.1) is 0 Å². The third-order valence-corrected chi connectivity index (χ3v) is 1.25. The molecule has 0 N–H and O–H groups in total. The SMILES string of the molecule is CN=NC(C(=O)COC)C(=O)OC. The smallest absolute Gasteiger partial charge is 0.340 e. The van der Waals surface area contributed by atoms with E-state index in [2.05, 4.69) is 19.7 Å². The Morgan fingerprint density at radius 1 is 1.38 bits per heavy atom. The number of nitrogens with zero attached hydrogens (tertiary/aromatic N) is 2. The fraction of sp³-hybridized carbons (Fsp3) is 0.714. The molecule has 0 bridgehead atoms. The largest absolute Gasteiger partial charge is 0.467 e. The highest BCUT2D eigenvalue weighted by molar-refractivity contribution is 6.03. The van der Waals surface area contributed by atoms with E-state index >= 15 is 0 Å². The van der Waals surface area contributed by atoms with Crippen molar-refractivity contribution in [2.45, 2.75) is 6.04 Å². The monoisotopic (exact) mass is 188 g/mol. The van der Waals surface area contributed by atoms with Crippen LogP contribution in [0.2, 0.25) is 0 Å². The molecule has 6 heteroatoms. The first-order valence-electron chi connectivity index (χ1n) is 3.55. The summed E-state index contributed by atoms with van der Waals surface area (Å²) in [6.07, 6.45) is 0. The highest BCUT2D eigenvalue weighted by Gasteiger charge is 2.26. The Morgan fingerprint density at radius 2 is 2.00 bits per heavy atom. The number of Topliss-reactive ketones (excluding diaryl/α,β-unsaturated/α-hetero) is 1.